The molecule has 0 saturated heterocycles. The van der Waals surface area contributed by atoms with Crippen molar-refractivity contribution >= 4 is 5.97 Å². The molecule has 4 heteroatoms. The van der Waals surface area contributed by atoms with E-state index >= 15 is 0 Å². The molecule has 1 heterocycles. The van der Waals surface area contributed by atoms with Gasteiger partial charge in [0.2, 0.25) is 0 Å². The molecule has 1 aromatic heterocycles. The molecule has 0 bridgehead atoms. The molecule has 0 aliphatic rings. The van der Waals surface area contributed by atoms with E-state index in [1.54, 1.807) is 18.4 Å². The summed E-state index contributed by atoms with van der Waals surface area (Å²) in [5.74, 6) is 0.616. The molecule has 0 fully saturated rings. The van der Waals surface area contributed by atoms with Crippen LogP contribution in [0.1, 0.15) is 27.2 Å². The van der Waals surface area contributed by atoms with Crippen LogP contribution in [0.5, 0.6) is 0 Å². The summed E-state index contributed by atoms with van der Waals surface area (Å²) in [5.41, 5.74) is 2.95. The number of carbonyl (C=O) groups is 1. The molecule has 0 unspecified atom stereocenters. The first-order valence-electron chi connectivity index (χ1n) is 8.20. The third-order valence-corrected chi connectivity index (χ3v) is 3.99. The van der Waals surface area contributed by atoms with Gasteiger partial charge in [0.1, 0.15) is 5.76 Å². The number of methoxy groups -OCH3 is 1. The van der Waals surface area contributed by atoms with Crippen LogP contribution in [0.3, 0.4) is 0 Å². The van der Waals surface area contributed by atoms with Crippen LogP contribution in [0.4, 0.5) is 0 Å². The highest BCUT2D eigenvalue weighted by Crippen LogP contribution is 2.15. The molecular weight excluding hydrogens is 314 g/mol. The molecule has 3 aromatic rings. The molecule has 0 spiro atoms. The van der Waals surface area contributed by atoms with Crippen LogP contribution in [0.25, 0.3) is 0 Å². The Morgan fingerprint density at radius 3 is 2.16 bits per heavy atom. The first-order chi connectivity index (χ1) is 12.2. The Labute approximate surface area is 147 Å². The molecule has 4 nitrogen and oxygen atoms in total. The lowest BCUT2D eigenvalue weighted by Crippen LogP contribution is -2.22. The minimum absolute atomic E-state index is 0.316. The van der Waals surface area contributed by atoms with Crippen LogP contribution in [0.2, 0.25) is 0 Å². The maximum atomic E-state index is 11.6. The number of nitrogens with zero attached hydrogens (tertiary/aromatic N) is 1. The van der Waals surface area contributed by atoms with Gasteiger partial charge in [-0.05, 0) is 35.4 Å². The van der Waals surface area contributed by atoms with Gasteiger partial charge in [-0.25, -0.2) is 4.79 Å². The molecule has 0 saturated carbocycles. The molecule has 0 aliphatic carbocycles. The molecular formula is C21H21NO3. The summed E-state index contributed by atoms with van der Waals surface area (Å²) in [4.78, 5) is 13.9. The van der Waals surface area contributed by atoms with E-state index in [0.717, 1.165) is 31.0 Å². The molecule has 0 aliphatic heterocycles. The average molecular weight is 335 g/mol. The zero-order valence-electron chi connectivity index (χ0n) is 14.2. The van der Waals surface area contributed by atoms with Crippen molar-refractivity contribution in [1.82, 2.24) is 4.90 Å². The molecule has 128 valence electrons. The summed E-state index contributed by atoms with van der Waals surface area (Å²) < 4.78 is 10.2. The fourth-order valence-electron chi connectivity index (χ4n) is 2.75. The number of hydrogen-bond acceptors (Lipinski definition) is 4. The lowest BCUT2D eigenvalue weighted by atomic mass is 10.1. The van der Waals surface area contributed by atoms with Crippen LogP contribution in [-0.2, 0) is 24.4 Å². The number of carbonyl (C=O) groups excluding carboxylic acids is 1. The van der Waals surface area contributed by atoms with Crippen LogP contribution in [-0.4, -0.2) is 18.0 Å². The van der Waals surface area contributed by atoms with Crippen LogP contribution >= 0.6 is 0 Å². The molecule has 0 N–H and O–H groups in total. The largest absolute Gasteiger partial charge is 0.468 e. The Balaban J connectivity index is 1.73. The molecule has 0 atom stereocenters. The lowest BCUT2D eigenvalue weighted by Gasteiger charge is -2.21. The SMILES string of the molecule is COC(=O)c1ccc(CN(Cc2ccccc2)Cc2ccco2)cc1. The van der Waals surface area contributed by atoms with E-state index < -0.39 is 0 Å². The van der Waals surface area contributed by atoms with Gasteiger partial charge in [-0.1, -0.05) is 42.5 Å². The normalized spacial score (nSPS) is 10.8. The standard InChI is InChI=1S/C21H21NO3/c1-24-21(23)19-11-9-18(10-12-19)15-22(16-20-8-5-13-25-20)14-17-6-3-2-4-7-17/h2-13H,14-16H2,1H3. The van der Waals surface area contributed by atoms with E-state index in [2.05, 4.69) is 17.0 Å². The van der Waals surface area contributed by atoms with E-state index in [4.69, 9.17) is 9.15 Å². The number of benzene rings is 2. The average Bonchev–Trinajstić information content (AvgIpc) is 3.15. The topological polar surface area (TPSA) is 42.7 Å². The summed E-state index contributed by atoms with van der Waals surface area (Å²) in [6, 6.07) is 21.8. The van der Waals surface area contributed by atoms with Gasteiger partial charge in [-0.3, -0.25) is 4.90 Å². The van der Waals surface area contributed by atoms with E-state index in [-0.39, 0.29) is 5.97 Å². The predicted molar refractivity (Wildman–Crippen MR) is 95.9 cm³/mol. The second-order valence-corrected chi connectivity index (χ2v) is 5.90. The van der Waals surface area contributed by atoms with E-state index in [9.17, 15) is 4.79 Å². The van der Waals surface area contributed by atoms with Crippen LogP contribution < -0.4 is 0 Å². The van der Waals surface area contributed by atoms with Gasteiger partial charge in [-0.15, -0.1) is 0 Å². The van der Waals surface area contributed by atoms with E-state index in [1.165, 1.54) is 12.7 Å². The highest BCUT2D eigenvalue weighted by Gasteiger charge is 2.11. The van der Waals surface area contributed by atoms with E-state index in [0.29, 0.717) is 5.56 Å². The van der Waals surface area contributed by atoms with Gasteiger partial charge < -0.3 is 9.15 Å². The third-order valence-electron chi connectivity index (χ3n) is 3.99. The quantitative estimate of drug-likeness (QED) is 0.605. The fourth-order valence-corrected chi connectivity index (χ4v) is 2.75. The predicted octanol–water partition coefficient (Wildman–Crippen LogP) is 4.27. The molecule has 3 rings (SSSR count). The first-order valence-corrected chi connectivity index (χ1v) is 8.20. The zero-order valence-corrected chi connectivity index (χ0v) is 14.2. The minimum Gasteiger partial charge on any atom is -0.468 e. The number of furan rings is 1. The number of ether oxygens (including phenoxy) is 1. The van der Waals surface area contributed by atoms with Gasteiger partial charge >= 0.3 is 5.97 Å². The summed E-state index contributed by atoms with van der Waals surface area (Å²) in [6.45, 7) is 2.30. The lowest BCUT2D eigenvalue weighted by molar-refractivity contribution is 0.0600. The summed E-state index contributed by atoms with van der Waals surface area (Å²) in [5, 5.41) is 0. The third kappa shape index (κ3) is 4.81. The van der Waals surface area contributed by atoms with Crippen molar-refractivity contribution in [3.8, 4) is 0 Å². The Morgan fingerprint density at radius 1 is 0.880 bits per heavy atom. The Hall–Kier alpha value is -2.85. The van der Waals surface area contributed by atoms with Gasteiger partial charge in [0.25, 0.3) is 0 Å². The van der Waals surface area contributed by atoms with Crippen LogP contribution in [0.15, 0.2) is 77.4 Å². The van der Waals surface area contributed by atoms with Crippen molar-refractivity contribution in [1.29, 1.82) is 0 Å². The first kappa shape index (κ1) is 17.0. The molecule has 0 amide bonds. The Bertz CT molecular complexity index is 780. The second kappa shape index (κ2) is 8.31. The van der Waals surface area contributed by atoms with Crippen molar-refractivity contribution in [3.05, 3.63) is 95.4 Å². The van der Waals surface area contributed by atoms with Crippen molar-refractivity contribution < 1.29 is 13.9 Å². The summed E-state index contributed by atoms with van der Waals surface area (Å²) in [7, 11) is 1.39. The van der Waals surface area contributed by atoms with Crippen molar-refractivity contribution in [2.75, 3.05) is 7.11 Å². The molecule has 0 radical (unpaired) electrons. The number of rotatable bonds is 7. The molecule has 25 heavy (non-hydrogen) atoms. The smallest absolute Gasteiger partial charge is 0.337 e. The van der Waals surface area contributed by atoms with Gasteiger partial charge in [0, 0.05) is 13.1 Å². The number of esters is 1. The fraction of sp³-hybridized carbons (Fsp3) is 0.190. The van der Waals surface area contributed by atoms with Crippen molar-refractivity contribution in [2.45, 2.75) is 19.6 Å². The highest BCUT2D eigenvalue weighted by molar-refractivity contribution is 5.89. The minimum atomic E-state index is -0.316. The summed E-state index contributed by atoms with van der Waals surface area (Å²) in [6.07, 6.45) is 1.70. The maximum absolute atomic E-state index is 11.6. The molecule has 2 aromatic carbocycles. The maximum Gasteiger partial charge on any atom is 0.337 e. The monoisotopic (exact) mass is 335 g/mol. The highest BCUT2D eigenvalue weighted by atomic mass is 16.5. The Morgan fingerprint density at radius 2 is 1.56 bits per heavy atom. The van der Waals surface area contributed by atoms with Crippen LogP contribution in [0, 0.1) is 0 Å². The van der Waals surface area contributed by atoms with Gasteiger partial charge in [-0.2, -0.15) is 0 Å². The number of hydrogen-bond donors (Lipinski definition) is 0. The van der Waals surface area contributed by atoms with Gasteiger partial charge in [0.15, 0.2) is 0 Å². The Kier molecular flexibility index (Phi) is 5.65. The second-order valence-electron chi connectivity index (χ2n) is 5.90. The van der Waals surface area contributed by atoms with Crippen molar-refractivity contribution in [3.63, 3.8) is 0 Å². The van der Waals surface area contributed by atoms with Crippen molar-refractivity contribution in [2.24, 2.45) is 0 Å². The van der Waals surface area contributed by atoms with Gasteiger partial charge in [0.05, 0.1) is 25.5 Å². The van der Waals surface area contributed by atoms with E-state index in [1.807, 2.05) is 42.5 Å². The summed E-state index contributed by atoms with van der Waals surface area (Å²) >= 11 is 0. The zero-order chi connectivity index (χ0) is 17.5.